The highest BCUT2D eigenvalue weighted by Gasteiger charge is 2.07. The Morgan fingerprint density at radius 2 is 1.76 bits per heavy atom. The first-order valence-electron chi connectivity index (χ1n) is 7.59. The van der Waals surface area contributed by atoms with E-state index in [4.69, 9.17) is 5.73 Å². The Hall–Kier alpha value is -2.10. The quantitative estimate of drug-likeness (QED) is 0.856. The van der Waals surface area contributed by atoms with Gasteiger partial charge in [0.25, 0.3) is 0 Å². The number of aryl methyl sites for hydroxylation is 4. The van der Waals surface area contributed by atoms with Crippen molar-refractivity contribution in [2.24, 2.45) is 5.10 Å². The fourth-order valence-electron chi connectivity index (χ4n) is 2.52. The maximum Gasteiger partial charge on any atom is 0.221 e. The second-order valence-corrected chi connectivity index (χ2v) is 5.22. The van der Waals surface area contributed by atoms with Crippen molar-refractivity contribution in [2.75, 3.05) is 5.73 Å². The smallest absolute Gasteiger partial charge is 0.221 e. The van der Waals surface area contributed by atoms with Crippen LogP contribution in [0.4, 0.5) is 5.95 Å². The molecule has 0 aliphatic carbocycles. The van der Waals surface area contributed by atoms with Gasteiger partial charge in [0.05, 0.1) is 18.1 Å². The highest BCUT2D eigenvalue weighted by atomic mass is 15.4. The van der Waals surface area contributed by atoms with Crippen LogP contribution in [0.25, 0.3) is 0 Å². The fourth-order valence-corrected chi connectivity index (χ4v) is 2.52. The summed E-state index contributed by atoms with van der Waals surface area (Å²) in [5.74, 6) is 0.421. The number of nitrogens with two attached hydrogens (primary N) is 1. The van der Waals surface area contributed by atoms with E-state index in [1.165, 1.54) is 22.3 Å². The lowest BCUT2D eigenvalue weighted by atomic mass is 9.94. The summed E-state index contributed by atoms with van der Waals surface area (Å²) in [7, 11) is 0. The summed E-state index contributed by atoms with van der Waals surface area (Å²) in [4.78, 5) is 4.16. The largest absolute Gasteiger partial charge is 0.368 e. The summed E-state index contributed by atoms with van der Waals surface area (Å²) in [5, 5.41) is 4.47. The van der Waals surface area contributed by atoms with Crippen LogP contribution in [0.2, 0.25) is 0 Å². The Balaban J connectivity index is 2.45. The molecule has 0 unspecified atom stereocenters. The van der Waals surface area contributed by atoms with Crippen LogP contribution in [0.5, 0.6) is 0 Å². The van der Waals surface area contributed by atoms with Crippen molar-refractivity contribution in [1.82, 2.24) is 9.66 Å². The van der Waals surface area contributed by atoms with Crippen LogP contribution in [0.3, 0.4) is 0 Å². The molecule has 1 aromatic carbocycles. The third kappa shape index (κ3) is 3.32. The molecule has 0 aliphatic heterocycles. The second kappa shape index (κ2) is 6.57. The van der Waals surface area contributed by atoms with Gasteiger partial charge in [-0.2, -0.15) is 5.10 Å². The van der Waals surface area contributed by atoms with E-state index in [2.05, 4.69) is 43.0 Å². The Labute approximate surface area is 126 Å². The van der Waals surface area contributed by atoms with Gasteiger partial charge >= 0.3 is 0 Å². The predicted octanol–water partition coefficient (Wildman–Crippen LogP) is 3.34. The molecule has 21 heavy (non-hydrogen) atoms. The van der Waals surface area contributed by atoms with Gasteiger partial charge in [0.1, 0.15) is 0 Å². The Bertz CT molecular complexity index is 628. The molecule has 0 atom stereocenters. The number of rotatable bonds is 5. The van der Waals surface area contributed by atoms with Crippen molar-refractivity contribution >= 4 is 12.2 Å². The minimum atomic E-state index is 0.421. The average molecular weight is 284 g/mol. The molecule has 1 aromatic heterocycles. The van der Waals surface area contributed by atoms with E-state index in [1.54, 1.807) is 4.68 Å². The lowest BCUT2D eigenvalue weighted by molar-refractivity contribution is 0.895. The molecule has 4 heteroatoms. The van der Waals surface area contributed by atoms with Gasteiger partial charge in [-0.15, -0.1) is 0 Å². The Morgan fingerprint density at radius 3 is 2.19 bits per heavy atom. The van der Waals surface area contributed by atoms with Crippen molar-refractivity contribution in [1.29, 1.82) is 0 Å². The van der Waals surface area contributed by atoms with Gasteiger partial charge in [-0.25, -0.2) is 9.66 Å². The monoisotopic (exact) mass is 284 g/mol. The number of nitrogen functional groups attached to an aromatic ring is 1. The van der Waals surface area contributed by atoms with Crippen LogP contribution in [-0.4, -0.2) is 15.9 Å². The third-order valence-electron chi connectivity index (χ3n) is 3.73. The molecule has 0 saturated heterocycles. The van der Waals surface area contributed by atoms with Gasteiger partial charge in [-0.1, -0.05) is 32.9 Å². The standard InChI is InChI=1S/C17H24N4/c1-5-13-8-14(6-2)16(15(7-3)9-13)10-19-21-11-12(4)20-17(21)18/h8-11H,5-7H2,1-4H3,(H2,18,20). The molecule has 112 valence electrons. The Kier molecular flexibility index (Phi) is 4.78. The third-order valence-corrected chi connectivity index (χ3v) is 3.73. The van der Waals surface area contributed by atoms with E-state index < -0.39 is 0 Å². The van der Waals surface area contributed by atoms with Crippen LogP contribution in [0.1, 0.15) is 48.7 Å². The maximum absolute atomic E-state index is 5.83. The average Bonchev–Trinajstić information content (AvgIpc) is 2.81. The molecule has 4 nitrogen and oxygen atoms in total. The molecular formula is C17H24N4. The molecule has 1 heterocycles. The van der Waals surface area contributed by atoms with Crippen LogP contribution in [0, 0.1) is 6.92 Å². The number of benzene rings is 1. The summed E-state index contributed by atoms with van der Waals surface area (Å²) in [6.07, 6.45) is 6.81. The van der Waals surface area contributed by atoms with Crippen molar-refractivity contribution in [3.63, 3.8) is 0 Å². The molecule has 0 saturated carbocycles. The lowest BCUT2D eigenvalue weighted by Gasteiger charge is -2.12. The number of aromatic nitrogens is 2. The van der Waals surface area contributed by atoms with Gasteiger partial charge in [-0.3, -0.25) is 0 Å². The summed E-state index contributed by atoms with van der Waals surface area (Å²) in [5.41, 5.74) is 12.0. The first-order valence-corrected chi connectivity index (χ1v) is 7.59. The zero-order chi connectivity index (χ0) is 15.4. The first-order chi connectivity index (χ1) is 10.1. The zero-order valence-electron chi connectivity index (χ0n) is 13.3. The first kappa shape index (κ1) is 15.3. The predicted molar refractivity (Wildman–Crippen MR) is 88.9 cm³/mol. The van der Waals surface area contributed by atoms with Crippen molar-refractivity contribution in [3.8, 4) is 0 Å². The van der Waals surface area contributed by atoms with Crippen LogP contribution in [-0.2, 0) is 19.3 Å². The molecule has 0 radical (unpaired) electrons. The molecule has 0 amide bonds. The minimum Gasteiger partial charge on any atom is -0.368 e. The van der Waals surface area contributed by atoms with Crippen LogP contribution in [0.15, 0.2) is 23.4 Å². The minimum absolute atomic E-state index is 0.421. The molecule has 2 aromatic rings. The van der Waals surface area contributed by atoms with Gasteiger partial charge < -0.3 is 5.73 Å². The molecule has 2 rings (SSSR count). The highest BCUT2D eigenvalue weighted by molar-refractivity contribution is 5.84. The van der Waals surface area contributed by atoms with Gasteiger partial charge in [0.15, 0.2) is 0 Å². The summed E-state index contributed by atoms with van der Waals surface area (Å²) < 4.78 is 1.63. The van der Waals surface area contributed by atoms with Crippen LogP contribution >= 0.6 is 0 Å². The highest BCUT2D eigenvalue weighted by Crippen LogP contribution is 2.19. The molecule has 0 aliphatic rings. The van der Waals surface area contributed by atoms with E-state index in [0.717, 1.165) is 25.0 Å². The molecular weight excluding hydrogens is 260 g/mol. The van der Waals surface area contributed by atoms with E-state index in [1.807, 2.05) is 19.3 Å². The van der Waals surface area contributed by atoms with Crippen LogP contribution < -0.4 is 5.73 Å². The number of nitrogens with zero attached hydrogens (tertiary/aromatic N) is 3. The van der Waals surface area contributed by atoms with E-state index in [9.17, 15) is 0 Å². The lowest BCUT2D eigenvalue weighted by Crippen LogP contribution is -2.03. The second-order valence-electron chi connectivity index (χ2n) is 5.22. The molecule has 0 bridgehead atoms. The van der Waals surface area contributed by atoms with Gasteiger partial charge in [0.2, 0.25) is 5.95 Å². The SMILES string of the molecule is CCc1cc(CC)c(C=Nn2cc(C)nc2N)c(CC)c1. The normalized spacial score (nSPS) is 11.4. The fraction of sp³-hybridized carbons (Fsp3) is 0.412. The number of anilines is 1. The van der Waals surface area contributed by atoms with E-state index in [-0.39, 0.29) is 0 Å². The molecule has 2 N–H and O–H groups in total. The number of hydrogen-bond donors (Lipinski definition) is 1. The summed E-state index contributed by atoms with van der Waals surface area (Å²) in [6, 6.07) is 4.56. The summed E-state index contributed by atoms with van der Waals surface area (Å²) in [6.45, 7) is 8.47. The van der Waals surface area contributed by atoms with Crippen molar-refractivity contribution < 1.29 is 0 Å². The summed E-state index contributed by atoms with van der Waals surface area (Å²) >= 11 is 0. The maximum atomic E-state index is 5.83. The molecule has 0 spiro atoms. The van der Waals surface area contributed by atoms with Crippen molar-refractivity contribution in [2.45, 2.75) is 47.0 Å². The van der Waals surface area contributed by atoms with Crippen molar-refractivity contribution in [3.05, 3.63) is 46.3 Å². The zero-order valence-corrected chi connectivity index (χ0v) is 13.3. The number of hydrogen-bond acceptors (Lipinski definition) is 3. The number of imidazole rings is 1. The van der Waals surface area contributed by atoms with E-state index >= 15 is 0 Å². The topological polar surface area (TPSA) is 56.2 Å². The van der Waals surface area contributed by atoms with Gasteiger partial charge in [0, 0.05) is 5.56 Å². The van der Waals surface area contributed by atoms with Gasteiger partial charge in [-0.05, 0) is 42.9 Å². The molecule has 0 fully saturated rings. The Morgan fingerprint density at radius 1 is 1.14 bits per heavy atom. The van der Waals surface area contributed by atoms with E-state index in [0.29, 0.717) is 5.95 Å².